The number of benzene rings is 2. The van der Waals surface area contributed by atoms with Crippen molar-refractivity contribution in [1.82, 2.24) is 0 Å². The average molecular weight is 371 g/mol. The molecule has 3 nitrogen and oxygen atoms in total. The second-order valence-electron chi connectivity index (χ2n) is 7.59. The minimum atomic E-state index is -0.00466. The standard InChI is InChI=1S/C22H30NO2P/c1-15-8-9-19(17(10-15)13-23-6)26-20-12-16(2)11-18(22(3,4)5)21(20)25-14-24-7/h8-13,26H,14H2,1-7H3/b23-13+. The molecule has 0 N–H and O–H groups in total. The summed E-state index contributed by atoms with van der Waals surface area (Å²) in [4.78, 5) is 4.22. The van der Waals surface area contributed by atoms with Crippen LogP contribution in [0.15, 0.2) is 35.3 Å². The first-order chi connectivity index (χ1) is 12.3. The number of ether oxygens (including phenoxy) is 2. The lowest BCUT2D eigenvalue weighted by molar-refractivity contribution is 0.0506. The van der Waals surface area contributed by atoms with E-state index in [0.717, 1.165) is 5.75 Å². The third-order valence-electron chi connectivity index (χ3n) is 4.11. The molecule has 0 aliphatic rings. The lowest BCUT2D eigenvalue weighted by Crippen LogP contribution is -2.21. The highest BCUT2D eigenvalue weighted by atomic mass is 31.1. The quantitative estimate of drug-likeness (QED) is 0.432. The number of methoxy groups -OCH3 is 1. The molecule has 4 heteroatoms. The van der Waals surface area contributed by atoms with Crippen molar-refractivity contribution in [3.63, 3.8) is 0 Å². The van der Waals surface area contributed by atoms with Crippen molar-refractivity contribution in [3.05, 3.63) is 52.6 Å². The maximum Gasteiger partial charge on any atom is 0.188 e. The van der Waals surface area contributed by atoms with Gasteiger partial charge in [0.25, 0.3) is 0 Å². The van der Waals surface area contributed by atoms with Gasteiger partial charge in [-0.3, -0.25) is 4.99 Å². The van der Waals surface area contributed by atoms with E-state index in [1.165, 1.54) is 32.9 Å². The van der Waals surface area contributed by atoms with E-state index in [9.17, 15) is 0 Å². The van der Waals surface area contributed by atoms with E-state index in [2.05, 4.69) is 69.9 Å². The SMILES string of the molecule is C/N=C/c1cc(C)ccc1Pc1cc(C)cc(C(C)(C)C)c1OCOC. The Morgan fingerprint density at radius 2 is 1.77 bits per heavy atom. The van der Waals surface area contributed by atoms with Crippen molar-refractivity contribution in [2.24, 2.45) is 4.99 Å². The van der Waals surface area contributed by atoms with Gasteiger partial charge in [-0.2, -0.15) is 0 Å². The number of rotatable bonds is 6. The normalized spacial score (nSPS) is 12.4. The maximum absolute atomic E-state index is 6.05. The summed E-state index contributed by atoms with van der Waals surface area (Å²) in [6.07, 6.45) is 1.94. The fourth-order valence-corrected chi connectivity index (χ4v) is 4.24. The third-order valence-corrected chi connectivity index (χ3v) is 5.47. The van der Waals surface area contributed by atoms with E-state index in [4.69, 9.17) is 9.47 Å². The molecule has 2 aromatic carbocycles. The van der Waals surface area contributed by atoms with Crippen molar-refractivity contribution in [1.29, 1.82) is 0 Å². The second kappa shape index (κ2) is 8.79. The van der Waals surface area contributed by atoms with Crippen LogP contribution < -0.4 is 15.3 Å². The number of aliphatic imine (C=N–C) groups is 1. The van der Waals surface area contributed by atoms with Crippen LogP contribution in [0.5, 0.6) is 5.75 Å². The minimum absolute atomic E-state index is 0.00466. The molecule has 0 spiro atoms. The molecule has 0 amide bonds. The molecule has 0 bridgehead atoms. The average Bonchev–Trinajstić information content (AvgIpc) is 2.55. The summed E-state index contributed by atoms with van der Waals surface area (Å²) in [6, 6.07) is 11.0. The molecule has 0 saturated heterocycles. The van der Waals surface area contributed by atoms with E-state index in [1.807, 2.05) is 13.3 Å². The summed E-state index contributed by atoms with van der Waals surface area (Å²) in [5.74, 6) is 0.947. The first-order valence-corrected chi connectivity index (χ1v) is 9.83. The number of hydrogen-bond donors (Lipinski definition) is 0. The molecule has 0 heterocycles. The van der Waals surface area contributed by atoms with Crippen LogP contribution in [-0.2, 0) is 10.2 Å². The molecule has 26 heavy (non-hydrogen) atoms. The van der Waals surface area contributed by atoms with E-state index in [-0.39, 0.29) is 12.2 Å². The summed E-state index contributed by atoms with van der Waals surface area (Å²) in [5, 5.41) is 2.48. The molecule has 2 aromatic rings. The van der Waals surface area contributed by atoms with Gasteiger partial charge in [0.05, 0.1) is 0 Å². The van der Waals surface area contributed by atoms with Gasteiger partial charge in [-0.25, -0.2) is 0 Å². The Morgan fingerprint density at radius 1 is 1.04 bits per heavy atom. The molecule has 1 atom stereocenters. The van der Waals surface area contributed by atoms with Crippen molar-refractivity contribution in [2.75, 3.05) is 21.0 Å². The highest BCUT2D eigenvalue weighted by molar-refractivity contribution is 7.56. The third kappa shape index (κ3) is 5.16. The molecule has 2 rings (SSSR count). The van der Waals surface area contributed by atoms with Crippen LogP contribution in [-0.4, -0.2) is 27.2 Å². The van der Waals surface area contributed by atoms with Crippen molar-refractivity contribution < 1.29 is 9.47 Å². The first-order valence-electron chi connectivity index (χ1n) is 8.83. The lowest BCUT2D eigenvalue weighted by Gasteiger charge is -2.26. The molecule has 0 radical (unpaired) electrons. The Labute approximate surface area is 159 Å². The largest absolute Gasteiger partial charge is 0.467 e. The van der Waals surface area contributed by atoms with Gasteiger partial charge >= 0.3 is 0 Å². The zero-order valence-corrected chi connectivity index (χ0v) is 17.9. The van der Waals surface area contributed by atoms with E-state index in [0.29, 0.717) is 8.58 Å². The summed E-state index contributed by atoms with van der Waals surface area (Å²) in [7, 11) is 3.96. The molecular formula is C22H30NO2P. The van der Waals surface area contributed by atoms with Gasteiger partial charge in [-0.15, -0.1) is 0 Å². The Kier molecular flexibility index (Phi) is 6.97. The van der Waals surface area contributed by atoms with Gasteiger partial charge in [0.15, 0.2) is 6.79 Å². The molecule has 0 aliphatic carbocycles. The molecule has 0 aliphatic heterocycles. The van der Waals surface area contributed by atoms with Crippen molar-refractivity contribution >= 4 is 25.4 Å². The zero-order valence-electron chi connectivity index (χ0n) is 16.9. The summed E-state index contributed by atoms with van der Waals surface area (Å²) < 4.78 is 11.2. The number of nitrogens with zero attached hydrogens (tertiary/aromatic N) is 1. The van der Waals surface area contributed by atoms with Crippen molar-refractivity contribution in [3.8, 4) is 5.75 Å². The van der Waals surface area contributed by atoms with Crippen molar-refractivity contribution in [2.45, 2.75) is 40.0 Å². The van der Waals surface area contributed by atoms with Crippen LogP contribution in [0.4, 0.5) is 0 Å². The topological polar surface area (TPSA) is 30.8 Å². The Balaban J connectivity index is 2.57. The smallest absolute Gasteiger partial charge is 0.188 e. The molecule has 0 saturated carbocycles. The van der Waals surface area contributed by atoms with E-state index < -0.39 is 0 Å². The van der Waals surface area contributed by atoms with Crippen LogP contribution in [0.2, 0.25) is 0 Å². The van der Waals surface area contributed by atoms with Gasteiger partial charge in [0.1, 0.15) is 5.75 Å². The summed E-state index contributed by atoms with van der Waals surface area (Å²) in [5.41, 5.74) is 4.87. The molecule has 140 valence electrons. The second-order valence-corrected chi connectivity index (χ2v) is 8.92. The molecular weight excluding hydrogens is 341 g/mol. The highest BCUT2D eigenvalue weighted by Gasteiger charge is 2.23. The lowest BCUT2D eigenvalue weighted by atomic mass is 9.85. The fraction of sp³-hybridized carbons (Fsp3) is 0.409. The fourth-order valence-electron chi connectivity index (χ4n) is 2.88. The van der Waals surface area contributed by atoms with Crippen LogP contribution in [0.25, 0.3) is 0 Å². The zero-order chi connectivity index (χ0) is 19.3. The summed E-state index contributed by atoms with van der Waals surface area (Å²) >= 11 is 0. The van der Waals surface area contributed by atoms with Gasteiger partial charge in [0.2, 0.25) is 0 Å². The predicted molar refractivity (Wildman–Crippen MR) is 115 cm³/mol. The minimum Gasteiger partial charge on any atom is -0.467 e. The summed E-state index contributed by atoms with van der Waals surface area (Å²) in [6.45, 7) is 11.2. The molecule has 1 unspecified atom stereocenters. The van der Waals surface area contributed by atoms with Crippen LogP contribution in [0.1, 0.15) is 43.0 Å². The Hall–Kier alpha value is -1.70. The van der Waals surface area contributed by atoms with E-state index in [1.54, 1.807) is 7.11 Å². The monoisotopic (exact) mass is 371 g/mol. The van der Waals surface area contributed by atoms with Gasteiger partial charge in [-0.1, -0.05) is 53.1 Å². The van der Waals surface area contributed by atoms with Crippen LogP contribution in [0, 0.1) is 13.8 Å². The number of hydrogen-bond acceptors (Lipinski definition) is 3. The molecule has 0 aromatic heterocycles. The maximum atomic E-state index is 6.05. The van der Waals surface area contributed by atoms with E-state index >= 15 is 0 Å². The van der Waals surface area contributed by atoms with Gasteiger partial charge in [-0.05, 0) is 42.3 Å². The first kappa shape index (κ1) is 20.6. The Morgan fingerprint density at radius 3 is 2.38 bits per heavy atom. The molecule has 0 fully saturated rings. The van der Waals surface area contributed by atoms with Crippen LogP contribution in [0.3, 0.4) is 0 Å². The highest BCUT2D eigenvalue weighted by Crippen LogP contribution is 2.34. The Bertz CT molecular complexity index is 791. The number of aryl methyl sites for hydroxylation is 2. The predicted octanol–water partition coefficient (Wildman–Crippen LogP) is 4.26. The van der Waals surface area contributed by atoms with Gasteiger partial charge < -0.3 is 9.47 Å². The van der Waals surface area contributed by atoms with Gasteiger partial charge in [0, 0.05) is 36.8 Å². The van der Waals surface area contributed by atoms with Crippen LogP contribution >= 0.6 is 8.58 Å².